The van der Waals surface area contributed by atoms with E-state index in [0.717, 1.165) is 12.8 Å². The predicted octanol–water partition coefficient (Wildman–Crippen LogP) is 0.222. The SMILES string of the molecule is CC(C)(C)NC(=O)C(=O)NCC1CCN(S(=O)(=O)C2CC2)CC1. The minimum Gasteiger partial charge on any atom is -0.348 e. The molecule has 1 heterocycles. The minimum atomic E-state index is -3.10. The van der Waals surface area contributed by atoms with E-state index in [1.54, 1.807) is 4.31 Å². The lowest BCUT2D eigenvalue weighted by molar-refractivity contribution is -0.140. The highest BCUT2D eigenvalue weighted by Gasteiger charge is 2.41. The molecule has 1 saturated carbocycles. The molecule has 1 aliphatic carbocycles. The van der Waals surface area contributed by atoms with E-state index >= 15 is 0 Å². The standard InChI is InChI=1S/C15H27N3O4S/c1-15(2,3)17-14(20)13(19)16-10-11-6-8-18(9-7-11)23(21,22)12-4-5-12/h11-12H,4-10H2,1-3H3,(H,16,19)(H,17,20). The molecule has 0 spiro atoms. The summed E-state index contributed by atoms with van der Waals surface area (Å²) in [5.41, 5.74) is -0.447. The fourth-order valence-electron chi connectivity index (χ4n) is 2.66. The topological polar surface area (TPSA) is 95.6 Å². The van der Waals surface area contributed by atoms with Crippen molar-refractivity contribution >= 4 is 21.8 Å². The first kappa shape index (κ1) is 18.2. The zero-order valence-electron chi connectivity index (χ0n) is 14.1. The molecule has 2 N–H and O–H groups in total. The Morgan fingerprint density at radius 1 is 1.04 bits per heavy atom. The van der Waals surface area contributed by atoms with Crippen LogP contribution in [0.4, 0.5) is 0 Å². The van der Waals surface area contributed by atoms with E-state index in [-0.39, 0.29) is 11.2 Å². The van der Waals surface area contributed by atoms with Gasteiger partial charge in [-0.15, -0.1) is 0 Å². The first-order valence-corrected chi connectivity index (χ1v) is 9.69. The van der Waals surface area contributed by atoms with Gasteiger partial charge in [-0.3, -0.25) is 9.59 Å². The quantitative estimate of drug-likeness (QED) is 0.713. The van der Waals surface area contributed by atoms with Crippen molar-refractivity contribution < 1.29 is 18.0 Å². The smallest absolute Gasteiger partial charge is 0.309 e. The Bertz CT molecular complexity index is 556. The molecule has 2 aliphatic rings. The highest BCUT2D eigenvalue weighted by Crippen LogP contribution is 2.32. The number of carbonyl (C=O) groups is 2. The highest BCUT2D eigenvalue weighted by molar-refractivity contribution is 7.90. The number of sulfonamides is 1. The molecule has 132 valence electrons. The maximum atomic E-state index is 12.1. The van der Waals surface area contributed by atoms with Gasteiger partial charge in [0.05, 0.1) is 5.25 Å². The number of piperidine rings is 1. The lowest BCUT2D eigenvalue weighted by Crippen LogP contribution is -2.49. The molecule has 7 nitrogen and oxygen atoms in total. The molecule has 2 amide bonds. The van der Waals surface area contributed by atoms with Gasteiger partial charge in [0.1, 0.15) is 0 Å². The first-order chi connectivity index (χ1) is 10.6. The van der Waals surface area contributed by atoms with Crippen molar-refractivity contribution in [2.45, 2.75) is 57.2 Å². The number of nitrogens with zero attached hydrogens (tertiary/aromatic N) is 1. The van der Waals surface area contributed by atoms with Crippen molar-refractivity contribution in [2.24, 2.45) is 5.92 Å². The molecule has 0 radical (unpaired) electrons. The summed E-state index contributed by atoms with van der Waals surface area (Å²) in [5, 5.41) is 5.09. The van der Waals surface area contributed by atoms with Gasteiger partial charge in [0.15, 0.2) is 0 Å². The van der Waals surface area contributed by atoms with Crippen molar-refractivity contribution in [1.82, 2.24) is 14.9 Å². The Balaban J connectivity index is 1.72. The van der Waals surface area contributed by atoms with Gasteiger partial charge >= 0.3 is 11.8 Å². The summed E-state index contributed by atoms with van der Waals surface area (Å²) in [5.74, 6) is -1.05. The highest BCUT2D eigenvalue weighted by atomic mass is 32.2. The Kier molecular flexibility index (Phi) is 5.35. The monoisotopic (exact) mass is 345 g/mol. The second kappa shape index (κ2) is 6.76. The molecule has 0 unspecified atom stereocenters. The van der Waals surface area contributed by atoms with E-state index in [4.69, 9.17) is 0 Å². The summed E-state index contributed by atoms with van der Waals surface area (Å²) < 4.78 is 25.9. The second-order valence-electron chi connectivity index (χ2n) is 7.50. The molecule has 1 saturated heterocycles. The van der Waals surface area contributed by atoms with E-state index < -0.39 is 27.4 Å². The van der Waals surface area contributed by atoms with E-state index in [9.17, 15) is 18.0 Å². The minimum absolute atomic E-state index is 0.167. The molecule has 0 bridgehead atoms. The molecule has 0 aromatic heterocycles. The van der Waals surface area contributed by atoms with Crippen LogP contribution >= 0.6 is 0 Å². The van der Waals surface area contributed by atoms with Crippen LogP contribution in [0.25, 0.3) is 0 Å². The lowest BCUT2D eigenvalue weighted by Gasteiger charge is -2.31. The number of amides is 2. The summed E-state index contributed by atoms with van der Waals surface area (Å²) in [6.45, 7) is 6.87. The number of hydrogen-bond donors (Lipinski definition) is 2. The van der Waals surface area contributed by atoms with Crippen molar-refractivity contribution in [1.29, 1.82) is 0 Å². The third kappa shape index (κ3) is 5.17. The molecule has 0 atom stereocenters. The van der Waals surface area contributed by atoms with Crippen molar-refractivity contribution in [3.8, 4) is 0 Å². The van der Waals surface area contributed by atoms with Crippen LogP contribution < -0.4 is 10.6 Å². The van der Waals surface area contributed by atoms with Gasteiger partial charge in [0.2, 0.25) is 10.0 Å². The van der Waals surface area contributed by atoms with Crippen LogP contribution in [-0.2, 0) is 19.6 Å². The molecular formula is C15H27N3O4S. The Morgan fingerprint density at radius 3 is 2.09 bits per heavy atom. The van der Waals surface area contributed by atoms with Gasteiger partial charge in [-0.25, -0.2) is 12.7 Å². The van der Waals surface area contributed by atoms with E-state index in [1.165, 1.54) is 0 Å². The van der Waals surface area contributed by atoms with Crippen molar-refractivity contribution in [3.05, 3.63) is 0 Å². The normalized spacial score (nSPS) is 21.0. The lowest BCUT2D eigenvalue weighted by atomic mass is 9.98. The maximum absolute atomic E-state index is 12.1. The van der Waals surface area contributed by atoms with E-state index in [1.807, 2.05) is 20.8 Å². The zero-order valence-corrected chi connectivity index (χ0v) is 14.9. The number of nitrogens with one attached hydrogen (secondary N) is 2. The largest absolute Gasteiger partial charge is 0.348 e. The third-order valence-corrected chi connectivity index (χ3v) is 6.52. The van der Waals surface area contributed by atoms with Crippen LogP contribution in [0.2, 0.25) is 0 Å². The van der Waals surface area contributed by atoms with Crippen LogP contribution in [0.5, 0.6) is 0 Å². The first-order valence-electron chi connectivity index (χ1n) is 8.19. The number of carbonyl (C=O) groups excluding carboxylic acids is 2. The summed E-state index contributed by atoms with van der Waals surface area (Å²) in [7, 11) is -3.10. The fraction of sp³-hybridized carbons (Fsp3) is 0.867. The van der Waals surface area contributed by atoms with Gasteiger partial charge in [0.25, 0.3) is 0 Å². The molecule has 0 aromatic carbocycles. The molecule has 23 heavy (non-hydrogen) atoms. The Hall–Kier alpha value is -1.15. The Labute approximate surface area is 138 Å². The van der Waals surface area contributed by atoms with Crippen LogP contribution in [0.15, 0.2) is 0 Å². The summed E-state index contributed by atoms with van der Waals surface area (Å²) in [4.78, 5) is 23.4. The van der Waals surface area contributed by atoms with Crippen molar-refractivity contribution in [2.75, 3.05) is 19.6 Å². The predicted molar refractivity (Wildman–Crippen MR) is 87.1 cm³/mol. The molecule has 2 fully saturated rings. The number of rotatable bonds is 4. The van der Waals surface area contributed by atoms with E-state index in [0.29, 0.717) is 32.5 Å². The van der Waals surface area contributed by atoms with Gasteiger partial charge in [-0.05, 0) is 52.4 Å². The maximum Gasteiger partial charge on any atom is 0.309 e. The van der Waals surface area contributed by atoms with Gasteiger partial charge in [-0.1, -0.05) is 0 Å². The van der Waals surface area contributed by atoms with Crippen molar-refractivity contribution in [3.63, 3.8) is 0 Å². The molecular weight excluding hydrogens is 318 g/mol. The van der Waals surface area contributed by atoms with Gasteiger partial charge in [0, 0.05) is 25.2 Å². The number of hydrogen-bond acceptors (Lipinski definition) is 4. The van der Waals surface area contributed by atoms with Crippen LogP contribution in [0.1, 0.15) is 46.5 Å². The van der Waals surface area contributed by atoms with E-state index in [2.05, 4.69) is 10.6 Å². The average molecular weight is 345 g/mol. The van der Waals surface area contributed by atoms with Gasteiger partial charge in [-0.2, -0.15) is 0 Å². The average Bonchev–Trinajstić information content (AvgIpc) is 3.28. The van der Waals surface area contributed by atoms with Gasteiger partial charge < -0.3 is 10.6 Å². The second-order valence-corrected chi connectivity index (χ2v) is 9.71. The third-order valence-electron chi connectivity index (χ3n) is 4.13. The summed E-state index contributed by atoms with van der Waals surface area (Å²) >= 11 is 0. The van der Waals surface area contributed by atoms with Crippen LogP contribution in [0, 0.1) is 5.92 Å². The Morgan fingerprint density at radius 2 is 1.61 bits per heavy atom. The summed E-state index contributed by atoms with van der Waals surface area (Å²) in [6.07, 6.45) is 2.99. The zero-order chi connectivity index (χ0) is 17.3. The van der Waals surface area contributed by atoms with Crippen LogP contribution in [0.3, 0.4) is 0 Å². The fourth-order valence-corrected chi connectivity index (χ4v) is 4.53. The summed E-state index contributed by atoms with van der Waals surface area (Å²) in [6, 6.07) is 0. The molecule has 8 heteroatoms. The molecule has 0 aromatic rings. The molecule has 2 rings (SSSR count). The molecule has 1 aliphatic heterocycles. The van der Waals surface area contributed by atoms with Crippen LogP contribution in [-0.4, -0.2) is 55.0 Å².